The molecular formula is C12H10FNO2. The maximum atomic E-state index is 12.7. The smallest absolute Gasteiger partial charge is 0.254 e. The molecule has 0 saturated carbocycles. The Hall–Kier alpha value is -1.97. The number of nitrogens with one attached hydrogen (secondary N) is 1. The van der Waals surface area contributed by atoms with Crippen molar-refractivity contribution in [3.63, 3.8) is 0 Å². The number of benzene rings is 1. The molecule has 1 N–H and O–H groups in total. The molecule has 2 amide bonds. The van der Waals surface area contributed by atoms with Gasteiger partial charge in [0.25, 0.3) is 5.91 Å². The number of halogens is 1. The molecule has 3 nitrogen and oxygen atoms in total. The molecule has 4 heteroatoms. The number of rotatable bonds is 1. The summed E-state index contributed by atoms with van der Waals surface area (Å²) in [5.74, 6) is -0.971. The van der Waals surface area contributed by atoms with Gasteiger partial charge < -0.3 is 0 Å². The summed E-state index contributed by atoms with van der Waals surface area (Å²) in [7, 11) is 0. The molecule has 1 heterocycles. The zero-order chi connectivity index (χ0) is 11.7. The summed E-state index contributed by atoms with van der Waals surface area (Å²) < 4.78 is 12.7. The van der Waals surface area contributed by atoms with Gasteiger partial charge in [-0.1, -0.05) is 12.1 Å². The molecule has 16 heavy (non-hydrogen) atoms. The van der Waals surface area contributed by atoms with Crippen LogP contribution in [0.15, 0.2) is 29.8 Å². The van der Waals surface area contributed by atoms with Crippen LogP contribution in [0, 0.1) is 5.82 Å². The van der Waals surface area contributed by atoms with Crippen molar-refractivity contribution in [1.82, 2.24) is 5.32 Å². The van der Waals surface area contributed by atoms with E-state index < -0.39 is 0 Å². The Balaban J connectivity index is 2.41. The summed E-state index contributed by atoms with van der Waals surface area (Å²) in [5.41, 5.74) is 1.92. The first-order chi connectivity index (χ1) is 7.58. The molecule has 1 saturated heterocycles. The number of carbonyl (C=O) groups excluding carboxylic acids is 2. The van der Waals surface area contributed by atoms with Crippen molar-refractivity contribution in [3.8, 4) is 0 Å². The zero-order valence-electron chi connectivity index (χ0n) is 8.71. The molecule has 0 aromatic heterocycles. The van der Waals surface area contributed by atoms with Gasteiger partial charge in [-0.25, -0.2) is 4.39 Å². The Bertz CT molecular complexity index is 488. The minimum Gasteiger partial charge on any atom is -0.292 e. The van der Waals surface area contributed by atoms with Crippen LogP contribution in [0.25, 0.3) is 5.57 Å². The molecule has 0 radical (unpaired) electrons. The van der Waals surface area contributed by atoms with E-state index in [4.69, 9.17) is 0 Å². The highest BCUT2D eigenvalue weighted by Crippen LogP contribution is 2.23. The lowest BCUT2D eigenvalue weighted by atomic mass is 10.0. The van der Waals surface area contributed by atoms with E-state index in [-0.39, 0.29) is 24.1 Å². The van der Waals surface area contributed by atoms with Gasteiger partial charge >= 0.3 is 0 Å². The molecule has 0 aliphatic carbocycles. The van der Waals surface area contributed by atoms with E-state index in [0.29, 0.717) is 11.1 Å². The van der Waals surface area contributed by atoms with E-state index in [9.17, 15) is 14.0 Å². The number of hydrogen-bond acceptors (Lipinski definition) is 2. The molecule has 2 rings (SSSR count). The fraction of sp³-hybridized carbons (Fsp3) is 0.167. The van der Waals surface area contributed by atoms with Crippen LogP contribution in [0.1, 0.15) is 18.9 Å². The maximum absolute atomic E-state index is 12.7. The van der Waals surface area contributed by atoms with E-state index in [2.05, 4.69) is 5.32 Å². The van der Waals surface area contributed by atoms with Crippen molar-refractivity contribution in [2.24, 2.45) is 0 Å². The first kappa shape index (κ1) is 10.5. The van der Waals surface area contributed by atoms with Crippen LogP contribution in [0.3, 0.4) is 0 Å². The number of hydrogen-bond donors (Lipinski definition) is 1. The average Bonchev–Trinajstić information content (AvgIpc) is 2.58. The second kappa shape index (κ2) is 3.89. The molecule has 82 valence electrons. The van der Waals surface area contributed by atoms with Crippen LogP contribution in [-0.2, 0) is 9.59 Å². The highest BCUT2D eigenvalue weighted by Gasteiger charge is 2.26. The lowest BCUT2D eigenvalue weighted by Gasteiger charge is -2.03. The Labute approximate surface area is 92.0 Å². The van der Waals surface area contributed by atoms with Gasteiger partial charge in [-0.3, -0.25) is 14.9 Å². The van der Waals surface area contributed by atoms with Gasteiger partial charge in [0.1, 0.15) is 5.82 Å². The molecule has 1 aliphatic rings. The summed E-state index contributed by atoms with van der Waals surface area (Å²) in [4.78, 5) is 22.4. The van der Waals surface area contributed by atoms with Gasteiger partial charge in [0.05, 0.1) is 6.42 Å². The highest BCUT2D eigenvalue weighted by atomic mass is 19.1. The second-order valence-corrected chi connectivity index (χ2v) is 3.66. The van der Waals surface area contributed by atoms with E-state index in [0.717, 1.165) is 5.56 Å². The van der Waals surface area contributed by atoms with Gasteiger partial charge in [0.15, 0.2) is 0 Å². The number of allylic oxidation sites excluding steroid dienone is 1. The molecule has 0 bridgehead atoms. The first-order valence-electron chi connectivity index (χ1n) is 4.88. The van der Waals surface area contributed by atoms with E-state index in [1.165, 1.54) is 12.1 Å². The largest absolute Gasteiger partial charge is 0.292 e. The normalized spacial score (nSPS) is 18.6. The van der Waals surface area contributed by atoms with Crippen molar-refractivity contribution >= 4 is 17.4 Å². The Morgan fingerprint density at radius 3 is 2.38 bits per heavy atom. The first-order valence-corrected chi connectivity index (χ1v) is 4.88. The fourth-order valence-electron chi connectivity index (χ4n) is 1.66. The molecule has 0 atom stereocenters. The number of carbonyl (C=O) groups is 2. The lowest BCUT2D eigenvalue weighted by molar-refractivity contribution is -0.124. The van der Waals surface area contributed by atoms with Gasteiger partial charge in [-0.2, -0.15) is 0 Å². The van der Waals surface area contributed by atoms with E-state index in [1.807, 2.05) is 0 Å². The van der Waals surface area contributed by atoms with E-state index in [1.54, 1.807) is 19.1 Å². The Kier molecular flexibility index (Phi) is 2.56. The van der Waals surface area contributed by atoms with E-state index >= 15 is 0 Å². The molecule has 0 unspecified atom stereocenters. The molecule has 0 spiro atoms. The van der Waals surface area contributed by atoms with Crippen molar-refractivity contribution in [3.05, 3.63) is 41.2 Å². The van der Waals surface area contributed by atoms with Crippen molar-refractivity contribution < 1.29 is 14.0 Å². The standard InChI is InChI=1S/C12H10FNO2/c1-7(8-2-4-9(13)5-3-8)10-6-11(15)14-12(10)16/h2-5H,6H2,1H3,(H,14,15,16). The van der Waals surface area contributed by atoms with Crippen LogP contribution in [-0.4, -0.2) is 11.8 Å². The summed E-state index contributed by atoms with van der Waals surface area (Å²) in [6.07, 6.45) is 0.0992. The molecule has 1 fully saturated rings. The fourth-order valence-corrected chi connectivity index (χ4v) is 1.66. The predicted molar refractivity (Wildman–Crippen MR) is 56.8 cm³/mol. The molecule has 1 aromatic rings. The molecule has 1 aliphatic heterocycles. The van der Waals surface area contributed by atoms with Crippen molar-refractivity contribution in [1.29, 1.82) is 0 Å². The number of imide groups is 1. The molecular weight excluding hydrogens is 209 g/mol. The summed E-state index contributed by atoms with van der Waals surface area (Å²) >= 11 is 0. The van der Waals surface area contributed by atoms with Gasteiger partial charge in [-0.15, -0.1) is 0 Å². The quantitative estimate of drug-likeness (QED) is 0.576. The third-order valence-corrected chi connectivity index (χ3v) is 2.59. The Morgan fingerprint density at radius 1 is 1.25 bits per heavy atom. The predicted octanol–water partition coefficient (Wildman–Crippen LogP) is 1.65. The third-order valence-electron chi connectivity index (χ3n) is 2.59. The molecule has 1 aromatic carbocycles. The van der Waals surface area contributed by atoms with Crippen molar-refractivity contribution in [2.75, 3.05) is 0 Å². The minimum absolute atomic E-state index is 0.0992. The van der Waals surface area contributed by atoms with Gasteiger partial charge in [0.2, 0.25) is 5.91 Å². The summed E-state index contributed by atoms with van der Waals surface area (Å²) in [6.45, 7) is 1.75. The zero-order valence-corrected chi connectivity index (χ0v) is 8.71. The SMILES string of the molecule is CC(=C1CC(=O)NC1=O)c1ccc(F)cc1. The maximum Gasteiger partial charge on any atom is 0.254 e. The van der Waals surface area contributed by atoms with Crippen molar-refractivity contribution in [2.45, 2.75) is 13.3 Å². The van der Waals surface area contributed by atoms with Crippen LogP contribution < -0.4 is 5.32 Å². The van der Waals surface area contributed by atoms with Crippen LogP contribution in [0.2, 0.25) is 0 Å². The Morgan fingerprint density at radius 2 is 1.88 bits per heavy atom. The van der Waals surface area contributed by atoms with Gasteiger partial charge in [0, 0.05) is 5.57 Å². The van der Waals surface area contributed by atoms with Gasteiger partial charge in [-0.05, 0) is 30.2 Å². The summed E-state index contributed by atoms with van der Waals surface area (Å²) in [5, 5.41) is 2.22. The van der Waals surface area contributed by atoms with Crippen LogP contribution >= 0.6 is 0 Å². The lowest BCUT2D eigenvalue weighted by Crippen LogP contribution is -2.19. The third kappa shape index (κ3) is 1.86. The van der Waals surface area contributed by atoms with Crippen LogP contribution in [0.5, 0.6) is 0 Å². The topological polar surface area (TPSA) is 46.2 Å². The summed E-state index contributed by atoms with van der Waals surface area (Å²) in [6, 6.07) is 5.84. The van der Waals surface area contributed by atoms with Crippen LogP contribution in [0.4, 0.5) is 4.39 Å². The number of amides is 2. The minimum atomic E-state index is -0.355. The monoisotopic (exact) mass is 219 g/mol. The average molecular weight is 219 g/mol. The second-order valence-electron chi connectivity index (χ2n) is 3.66. The highest BCUT2D eigenvalue weighted by molar-refractivity contribution is 6.17.